The van der Waals surface area contributed by atoms with Crippen LogP contribution in [0.15, 0.2) is 0 Å². The smallest absolute Gasteiger partial charge is 0.0139 e. The Morgan fingerprint density at radius 1 is 1.40 bits per heavy atom. The molecular formula is C2H9BLiN-. The average Bonchev–Trinajstić information content (AvgIpc) is 0.811. The van der Waals surface area contributed by atoms with Gasteiger partial charge in [-0.3, -0.25) is 0 Å². The molecule has 5 heavy (non-hydrogen) atoms. The van der Waals surface area contributed by atoms with E-state index in [0.717, 1.165) is 0 Å². The molecule has 0 aromatic carbocycles. The molecule has 0 saturated carbocycles. The summed E-state index contributed by atoms with van der Waals surface area (Å²) in [5, 5.41) is 0. The molecule has 0 N–H and O–H groups in total. The maximum absolute atomic E-state index is 2.25. The molecule has 0 heterocycles. The molecule has 0 amide bonds. The Hall–Kier alpha value is 0.622. The van der Waals surface area contributed by atoms with Gasteiger partial charge in [0.05, 0.1) is 0 Å². The van der Waals surface area contributed by atoms with Crippen molar-refractivity contribution < 1.29 is 0 Å². The fourth-order valence-corrected chi connectivity index (χ4v) is 0. The van der Waals surface area contributed by atoms with Crippen LogP contribution < -0.4 is 0 Å². The molecule has 1 nitrogen and oxygen atoms in total. The summed E-state index contributed by atoms with van der Waals surface area (Å²) in [6, 6.07) is 0. The number of nitrogens with zero attached hydrogens (tertiary/aromatic N) is 1. The van der Waals surface area contributed by atoms with Gasteiger partial charge in [0.25, 0.3) is 0 Å². The van der Waals surface area contributed by atoms with E-state index in [2.05, 4.69) is 18.9 Å². The van der Waals surface area contributed by atoms with Crippen molar-refractivity contribution in [3.05, 3.63) is 0 Å². The van der Waals surface area contributed by atoms with Crippen molar-refractivity contribution in [2.45, 2.75) is 0 Å². The molecule has 0 rings (SSSR count). The third-order valence-corrected chi connectivity index (χ3v) is 0. The van der Waals surface area contributed by atoms with Crippen LogP contribution in [0.25, 0.3) is 0 Å². The quantitative estimate of drug-likeness (QED) is 0.309. The van der Waals surface area contributed by atoms with E-state index in [4.69, 9.17) is 0 Å². The molecule has 0 aliphatic rings. The van der Waals surface area contributed by atoms with E-state index in [0.29, 0.717) is 7.98 Å². The molecule has 27 valence electrons. The topological polar surface area (TPSA) is 3.24 Å². The van der Waals surface area contributed by atoms with Crippen LogP contribution in [0.2, 0.25) is 0 Å². The standard InChI is InChI=1S/C2H9BN.Li/c1-4(2)3;/h1-3H3;/q-1;. The summed E-state index contributed by atoms with van der Waals surface area (Å²) in [5.41, 5.74) is 0. The van der Waals surface area contributed by atoms with Crippen molar-refractivity contribution in [3.8, 4) is 0 Å². The molecule has 0 spiro atoms. The van der Waals surface area contributed by atoms with Gasteiger partial charge in [-0.1, -0.05) is 14.1 Å². The SMILES string of the molecule is [BH3-]N(C)C.[Li]. The monoisotopic (exact) mass is 65.1 g/mol. The molecule has 0 saturated heterocycles. The van der Waals surface area contributed by atoms with Crippen LogP contribution in [-0.2, 0) is 0 Å². The fraction of sp³-hybridized carbons (Fsp3) is 1.00. The molecule has 0 atom stereocenters. The summed E-state index contributed by atoms with van der Waals surface area (Å²) in [7, 11) is 4.75. The first-order valence-corrected chi connectivity index (χ1v) is 0.894. The van der Waals surface area contributed by atoms with Crippen molar-refractivity contribution in [1.82, 2.24) is 4.81 Å². The van der Waals surface area contributed by atoms with Crippen molar-refractivity contribution in [2.24, 2.45) is 0 Å². The summed E-state index contributed by atoms with van der Waals surface area (Å²) in [6.45, 7) is 0. The van der Waals surface area contributed by atoms with E-state index in [1.165, 1.54) is 0 Å². The predicted octanol–water partition coefficient (Wildman–Crippen LogP) is -1.55. The van der Waals surface area contributed by atoms with Crippen molar-refractivity contribution in [1.29, 1.82) is 0 Å². The molecule has 0 bridgehead atoms. The van der Waals surface area contributed by atoms with Gasteiger partial charge in [-0.2, -0.15) is 0 Å². The van der Waals surface area contributed by atoms with E-state index in [1.807, 2.05) is 0 Å². The minimum atomic E-state index is 0. The Morgan fingerprint density at radius 3 is 1.40 bits per heavy atom. The van der Waals surface area contributed by atoms with Gasteiger partial charge in [0.1, 0.15) is 0 Å². The molecule has 3 heteroatoms. The first-order chi connectivity index (χ1) is 1.73. The number of hydrogen-bond acceptors (Lipinski definition) is 1. The third kappa shape index (κ3) is 82.1. The largest absolute Gasteiger partial charge is 0.489 e. The predicted molar refractivity (Wildman–Crippen MR) is 29.4 cm³/mol. The van der Waals surface area contributed by atoms with E-state index < -0.39 is 0 Å². The Bertz CT molecular complexity index is 14.4. The van der Waals surface area contributed by atoms with Crippen molar-refractivity contribution in [2.75, 3.05) is 14.1 Å². The van der Waals surface area contributed by atoms with Crippen LogP contribution in [-0.4, -0.2) is 45.7 Å². The Labute approximate surface area is 46.3 Å². The van der Waals surface area contributed by atoms with Gasteiger partial charge >= 0.3 is 0 Å². The number of rotatable bonds is 0. The van der Waals surface area contributed by atoms with E-state index in [-0.39, 0.29) is 18.9 Å². The van der Waals surface area contributed by atoms with Crippen LogP contribution >= 0.6 is 0 Å². The molecule has 0 aliphatic heterocycles. The summed E-state index contributed by atoms with van der Waals surface area (Å²) in [4.78, 5) is 2.25. The molecule has 0 aromatic rings. The second-order valence-corrected chi connectivity index (χ2v) is 0.447. The van der Waals surface area contributed by atoms with E-state index in [9.17, 15) is 0 Å². The summed E-state index contributed by atoms with van der Waals surface area (Å²) < 4.78 is 0. The van der Waals surface area contributed by atoms with Gasteiger partial charge in [0.2, 0.25) is 0 Å². The third-order valence-electron chi connectivity index (χ3n) is 0. The maximum atomic E-state index is 2.25. The minimum absolute atomic E-state index is 0. The van der Waals surface area contributed by atoms with Gasteiger partial charge in [-0.15, -0.1) is 0 Å². The summed E-state index contributed by atoms with van der Waals surface area (Å²) in [5.74, 6) is 0. The van der Waals surface area contributed by atoms with E-state index >= 15 is 0 Å². The second-order valence-electron chi connectivity index (χ2n) is 0.447. The van der Waals surface area contributed by atoms with Gasteiger partial charge < -0.3 is 4.81 Å². The van der Waals surface area contributed by atoms with Gasteiger partial charge in [-0.05, 0) is 0 Å². The Kier molecular flexibility index (Phi) is 8.46. The van der Waals surface area contributed by atoms with Crippen molar-refractivity contribution in [3.63, 3.8) is 0 Å². The Balaban J connectivity index is 0. The molecule has 0 fully saturated rings. The van der Waals surface area contributed by atoms with E-state index in [1.54, 1.807) is 0 Å². The maximum Gasteiger partial charge on any atom is 0.0139 e. The summed E-state index contributed by atoms with van der Waals surface area (Å²) in [6.07, 6.45) is 0. The van der Waals surface area contributed by atoms with Crippen molar-refractivity contribution >= 4 is 26.8 Å². The van der Waals surface area contributed by atoms with Crippen LogP contribution in [0.4, 0.5) is 0 Å². The molecule has 0 aromatic heterocycles. The normalized spacial score (nSPS) is 7.20. The zero-order chi connectivity index (χ0) is 3.58. The fourth-order valence-electron chi connectivity index (χ4n) is 0. The first-order valence-electron chi connectivity index (χ1n) is 0.894. The van der Waals surface area contributed by atoms with Crippen LogP contribution in [0, 0.1) is 0 Å². The van der Waals surface area contributed by atoms with Gasteiger partial charge in [0, 0.05) is 26.8 Å². The molecule has 1 radical (unpaired) electrons. The minimum Gasteiger partial charge on any atom is -0.489 e. The Morgan fingerprint density at radius 2 is 1.40 bits per heavy atom. The molecule has 0 unspecified atom stereocenters. The second kappa shape index (κ2) is 4.62. The molecular weight excluding hydrogens is 55.8 g/mol. The van der Waals surface area contributed by atoms with Gasteiger partial charge in [0.15, 0.2) is 0 Å². The average molecular weight is 64.9 g/mol. The number of hydrogen-bond donors (Lipinski definition) is 0. The van der Waals surface area contributed by atoms with Crippen LogP contribution in [0.3, 0.4) is 0 Å². The summed E-state index contributed by atoms with van der Waals surface area (Å²) >= 11 is 0. The van der Waals surface area contributed by atoms with Gasteiger partial charge in [-0.25, -0.2) is 0 Å². The zero-order valence-electron chi connectivity index (χ0n) is 3.45. The first kappa shape index (κ1) is 9.16. The van der Waals surface area contributed by atoms with Crippen LogP contribution in [0.1, 0.15) is 0 Å². The molecule has 0 aliphatic carbocycles. The van der Waals surface area contributed by atoms with Crippen LogP contribution in [0.5, 0.6) is 0 Å². The zero-order valence-corrected chi connectivity index (χ0v) is 3.45.